The molecule has 0 saturated carbocycles. The van der Waals surface area contributed by atoms with Crippen molar-refractivity contribution in [3.63, 3.8) is 0 Å². The molecule has 284 valence electrons. The van der Waals surface area contributed by atoms with Gasteiger partial charge in [-0.3, -0.25) is 20.0 Å². The van der Waals surface area contributed by atoms with Crippen molar-refractivity contribution < 1.29 is 29.3 Å². The predicted octanol–water partition coefficient (Wildman–Crippen LogP) is 5.22. The zero-order valence-electron chi connectivity index (χ0n) is 31.4. The number of aromatic nitrogens is 1. The largest absolute Gasteiger partial charge is 0.453 e. The highest BCUT2D eigenvalue weighted by Gasteiger charge is 2.56. The van der Waals surface area contributed by atoms with Crippen LogP contribution in [0.15, 0.2) is 103 Å². The van der Waals surface area contributed by atoms with Gasteiger partial charge in [-0.25, -0.2) is 9.80 Å². The lowest BCUT2D eigenvalue weighted by Gasteiger charge is -2.34. The van der Waals surface area contributed by atoms with Crippen molar-refractivity contribution in [2.75, 3.05) is 20.2 Å². The van der Waals surface area contributed by atoms with Crippen LogP contribution in [0.4, 0.5) is 4.79 Å². The molecule has 11 heteroatoms. The van der Waals surface area contributed by atoms with Crippen molar-refractivity contribution in [3.8, 4) is 11.1 Å². The number of β-amino-alcohol motifs (C(OH)–C–C–N with tert-alkyl or cyclic N) is 1. The van der Waals surface area contributed by atoms with Crippen LogP contribution in [0.5, 0.6) is 0 Å². The van der Waals surface area contributed by atoms with Crippen LogP contribution in [0.3, 0.4) is 0 Å². The number of hydrogen-bond donors (Lipinski definition) is 4. The molecule has 1 aliphatic carbocycles. The van der Waals surface area contributed by atoms with Gasteiger partial charge in [0, 0.05) is 38.4 Å². The Morgan fingerprint density at radius 1 is 0.944 bits per heavy atom. The average Bonchev–Trinajstić information content (AvgIpc) is 3.61. The molecule has 1 saturated heterocycles. The number of benzene rings is 3. The number of pyridine rings is 1. The van der Waals surface area contributed by atoms with Gasteiger partial charge in [-0.15, -0.1) is 0 Å². The molecule has 0 radical (unpaired) electrons. The molecule has 3 aromatic carbocycles. The van der Waals surface area contributed by atoms with Crippen LogP contribution in [0.1, 0.15) is 61.9 Å². The van der Waals surface area contributed by atoms with Crippen molar-refractivity contribution >= 4 is 17.9 Å². The lowest BCUT2D eigenvalue weighted by Crippen LogP contribution is -2.57. The maximum atomic E-state index is 14.7. The summed E-state index contributed by atoms with van der Waals surface area (Å²) in [4.78, 5) is 46.7. The second kappa shape index (κ2) is 16.5. The summed E-state index contributed by atoms with van der Waals surface area (Å²) in [6.45, 7) is 6.39. The topological polar surface area (TPSA) is 144 Å². The van der Waals surface area contributed by atoms with E-state index in [0.717, 1.165) is 33.4 Å². The summed E-state index contributed by atoms with van der Waals surface area (Å²) < 4.78 is 4.82. The Bertz CT molecular complexity index is 1900. The quantitative estimate of drug-likeness (QED) is 0.137. The number of hydrazine groups is 1. The summed E-state index contributed by atoms with van der Waals surface area (Å²) in [6, 6.07) is 28.0. The number of hydrogen-bond acceptors (Lipinski definition) is 8. The van der Waals surface area contributed by atoms with E-state index in [2.05, 4.69) is 15.7 Å². The minimum absolute atomic E-state index is 0.110. The van der Waals surface area contributed by atoms with E-state index in [-0.39, 0.29) is 12.5 Å². The number of amides is 3. The third-order valence-corrected chi connectivity index (χ3v) is 10.8. The number of ether oxygens (including phenoxy) is 1. The zero-order chi connectivity index (χ0) is 38.5. The molecule has 4 N–H and O–H groups in total. The van der Waals surface area contributed by atoms with Gasteiger partial charge in [-0.05, 0) is 70.2 Å². The normalized spacial score (nSPS) is 21.5. The molecule has 0 unspecified atom stereocenters. The smallest absolute Gasteiger partial charge is 0.407 e. The molecule has 5 atom stereocenters. The van der Waals surface area contributed by atoms with E-state index in [9.17, 15) is 24.6 Å². The Morgan fingerprint density at radius 2 is 1.61 bits per heavy atom. The number of aliphatic hydroxyl groups excluding tert-OH is 2. The molecule has 2 aliphatic rings. The van der Waals surface area contributed by atoms with E-state index in [0.29, 0.717) is 38.8 Å². The first-order valence-electron chi connectivity index (χ1n) is 18.6. The molecule has 1 fully saturated rings. The van der Waals surface area contributed by atoms with Gasteiger partial charge in [0.1, 0.15) is 6.04 Å². The molecular formula is C43H51N5O6. The molecule has 2 heterocycles. The van der Waals surface area contributed by atoms with Gasteiger partial charge in [0.05, 0.1) is 30.8 Å². The standard InChI is InChI=1S/C43H51N5O6/c1-42(2,3)38(45-41(53)54-4)39(51)46-47(27-30-15-17-31(18-16-30)32-19-22-44-23-20-32)24-10-21-43(26-29-11-6-5-7-12-29)36(50)28-48(40(43)52)37-34-14-9-8-13-33(34)25-35(37)49/h5-9,11-20,22-23,35-38,49-50H,10,21,24-28H2,1-4H3,(H,45,53)(H,46,51)/t35-,36-,37+,38-,43+/m1/s1. The summed E-state index contributed by atoms with van der Waals surface area (Å²) in [6.07, 6.45) is 2.60. The zero-order valence-corrected chi connectivity index (χ0v) is 31.4. The number of alkyl carbamates (subject to hydrolysis) is 1. The van der Waals surface area contributed by atoms with Crippen molar-refractivity contribution in [2.45, 2.75) is 77.3 Å². The summed E-state index contributed by atoms with van der Waals surface area (Å²) in [5.41, 5.74) is 7.13. The fourth-order valence-electron chi connectivity index (χ4n) is 7.96. The number of carbonyl (C=O) groups is 3. The molecular weight excluding hydrogens is 683 g/mol. The van der Waals surface area contributed by atoms with Crippen LogP contribution < -0.4 is 10.7 Å². The highest BCUT2D eigenvalue weighted by atomic mass is 16.5. The second-order valence-corrected chi connectivity index (χ2v) is 15.6. The van der Waals surface area contributed by atoms with Crippen molar-refractivity contribution in [2.24, 2.45) is 10.8 Å². The monoisotopic (exact) mass is 733 g/mol. The van der Waals surface area contributed by atoms with E-state index < -0.39 is 47.1 Å². The Morgan fingerprint density at radius 3 is 2.30 bits per heavy atom. The fraction of sp³-hybridized carbons (Fsp3) is 0.395. The molecule has 54 heavy (non-hydrogen) atoms. The van der Waals surface area contributed by atoms with Crippen LogP contribution in [0.25, 0.3) is 11.1 Å². The van der Waals surface area contributed by atoms with Gasteiger partial charge >= 0.3 is 6.09 Å². The maximum absolute atomic E-state index is 14.7. The number of carbonyl (C=O) groups excluding carboxylic acids is 3. The van der Waals surface area contributed by atoms with Gasteiger partial charge in [0.25, 0.3) is 5.91 Å². The molecule has 1 aliphatic heterocycles. The van der Waals surface area contributed by atoms with Crippen LogP contribution >= 0.6 is 0 Å². The number of likely N-dealkylation sites (tertiary alicyclic amines) is 1. The molecule has 4 aromatic rings. The van der Waals surface area contributed by atoms with Gasteiger partial charge in [0.15, 0.2) is 0 Å². The summed E-state index contributed by atoms with van der Waals surface area (Å²) >= 11 is 0. The lowest BCUT2D eigenvalue weighted by atomic mass is 9.74. The number of nitrogens with zero attached hydrogens (tertiary/aromatic N) is 3. The average molecular weight is 734 g/mol. The van der Waals surface area contributed by atoms with E-state index in [4.69, 9.17) is 4.74 Å². The maximum Gasteiger partial charge on any atom is 0.407 e. The number of fused-ring (bicyclic) bond motifs is 1. The minimum Gasteiger partial charge on any atom is -0.453 e. The molecule has 11 nitrogen and oxygen atoms in total. The highest BCUT2D eigenvalue weighted by molar-refractivity contribution is 5.87. The van der Waals surface area contributed by atoms with Crippen LogP contribution in [-0.4, -0.2) is 81.5 Å². The van der Waals surface area contributed by atoms with Crippen LogP contribution in [-0.2, 0) is 33.7 Å². The van der Waals surface area contributed by atoms with Gasteiger partial charge < -0.3 is 25.2 Å². The Kier molecular flexibility index (Phi) is 11.8. The number of methoxy groups -OCH3 is 1. The molecule has 1 aromatic heterocycles. The summed E-state index contributed by atoms with van der Waals surface area (Å²) in [5, 5.41) is 27.6. The lowest BCUT2D eigenvalue weighted by molar-refractivity contribution is -0.142. The molecule has 0 spiro atoms. The first-order valence-corrected chi connectivity index (χ1v) is 18.6. The molecule has 3 amide bonds. The molecule has 6 rings (SSSR count). The van der Waals surface area contributed by atoms with Crippen LogP contribution in [0.2, 0.25) is 0 Å². The van der Waals surface area contributed by atoms with Crippen molar-refractivity contribution in [3.05, 3.63) is 126 Å². The Hall–Kier alpha value is -5.10. The van der Waals surface area contributed by atoms with Gasteiger partial charge in [0.2, 0.25) is 5.91 Å². The second-order valence-electron chi connectivity index (χ2n) is 15.6. The molecule has 0 bridgehead atoms. The predicted molar refractivity (Wildman–Crippen MR) is 205 cm³/mol. The summed E-state index contributed by atoms with van der Waals surface area (Å²) in [7, 11) is 1.26. The Balaban J connectivity index is 1.26. The Labute approximate surface area is 317 Å². The van der Waals surface area contributed by atoms with Crippen molar-refractivity contribution in [1.82, 2.24) is 25.6 Å². The van der Waals surface area contributed by atoms with E-state index >= 15 is 0 Å². The highest BCUT2D eigenvalue weighted by Crippen LogP contribution is 2.46. The van der Waals surface area contributed by atoms with E-state index in [1.165, 1.54) is 7.11 Å². The fourth-order valence-corrected chi connectivity index (χ4v) is 7.96. The number of rotatable bonds is 13. The SMILES string of the molecule is COC(=O)N[C@H](C(=O)NN(CCC[C@@]1(Cc2ccccc2)C(=O)N([C@H]2c3ccccc3C[C@H]2O)C[C@H]1O)Cc1ccc(-c2ccncc2)cc1)C(C)(C)C. The third kappa shape index (κ3) is 8.49. The van der Waals surface area contributed by atoms with Crippen molar-refractivity contribution in [1.29, 1.82) is 0 Å². The summed E-state index contributed by atoms with van der Waals surface area (Å²) in [5.74, 6) is -0.589. The number of aliphatic hydroxyl groups is 2. The number of nitrogens with one attached hydrogen (secondary N) is 2. The van der Waals surface area contributed by atoms with Gasteiger partial charge in [-0.1, -0.05) is 99.6 Å². The first-order chi connectivity index (χ1) is 25.9. The first kappa shape index (κ1) is 38.6. The van der Waals surface area contributed by atoms with E-state index in [1.807, 2.05) is 112 Å². The minimum atomic E-state index is -1.15. The third-order valence-electron chi connectivity index (χ3n) is 10.8. The van der Waals surface area contributed by atoms with E-state index in [1.54, 1.807) is 22.3 Å². The van der Waals surface area contributed by atoms with Gasteiger partial charge in [-0.2, -0.15) is 0 Å². The van der Waals surface area contributed by atoms with Crippen LogP contribution in [0, 0.1) is 10.8 Å².